The van der Waals surface area contributed by atoms with Crippen LogP contribution in [0.5, 0.6) is 0 Å². The Hall–Kier alpha value is -1.20. The fraction of sp³-hybridized carbons (Fsp3) is 1.00. The molecule has 0 spiro atoms. The van der Waals surface area contributed by atoms with Crippen molar-refractivity contribution >= 4 is 0 Å². The Morgan fingerprint density at radius 2 is 0.471 bits per heavy atom. The van der Waals surface area contributed by atoms with Gasteiger partial charge in [0, 0.05) is 13.2 Å². The minimum Gasteiger partial charge on any atom is -0.394 e. The van der Waals surface area contributed by atoms with Crippen molar-refractivity contribution in [2.45, 2.75) is 197 Å². The van der Waals surface area contributed by atoms with Gasteiger partial charge in [-0.2, -0.15) is 0 Å². The molecule has 16 N–H and O–H groups in total. The maximum atomic E-state index is 11.6. The van der Waals surface area contributed by atoms with Gasteiger partial charge in [-0.3, -0.25) is 0 Å². The minimum atomic E-state index is -2.10. The van der Waals surface area contributed by atoms with E-state index < -0.39 is 224 Å². The van der Waals surface area contributed by atoms with Gasteiger partial charge in [0.1, 0.15) is 146 Å². The van der Waals surface area contributed by atoms with Crippen molar-refractivity contribution < 1.29 is 148 Å². The van der Waals surface area contributed by atoms with E-state index in [4.69, 9.17) is 66.3 Å². The molecule has 12 heterocycles. The topological polar surface area (TPSA) is 453 Å². The third-order valence-electron chi connectivity index (χ3n) is 13.7. The molecule has 0 aromatic heterocycles. The van der Waals surface area contributed by atoms with Crippen LogP contribution in [0.4, 0.5) is 0 Å². The molecule has 0 radical (unpaired) electrons. The van der Waals surface area contributed by atoms with Crippen LogP contribution in [-0.2, 0) is 66.3 Å². The maximum Gasteiger partial charge on any atom is 0.187 e. The van der Waals surface area contributed by atoms with Crippen molar-refractivity contribution in [2.24, 2.45) is 0 Å². The zero-order valence-electron chi connectivity index (χ0n) is 37.3. The first kappa shape index (κ1) is 55.0. The van der Waals surface area contributed by atoms with Crippen LogP contribution in [0.1, 0.15) is 12.8 Å². The molecule has 406 valence electrons. The minimum absolute atomic E-state index is 0.0219. The number of hydrogen-bond donors (Lipinski definition) is 16. The molecule has 0 unspecified atom stereocenters. The van der Waals surface area contributed by atoms with Gasteiger partial charge in [0.05, 0.1) is 39.6 Å². The van der Waals surface area contributed by atoms with Crippen molar-refractivity contribution in [3.8, 4) is 0 Å². The highest BCUT2D eigenvalue weighted by Gasteiger charge is 2.59. The Morgan fingerprint density at radius 3 is 0.714 bits per heavy atom. The molecule has 70 heavy (non-hydrogen) atoms. The lowest BCUT2D eigenvalue weighted by Crippen LogP contribution is -2.69. The molecule has 30 heteroatoms. The number of aliphatic hydroxyl groups excluding tert-OH is 16. The Balaban J connectivity index is 1.16. The molecule has 12 saturated heterocycles. The first-order valence-electron chi connectivity index (χ1n) is 23.1. The Bertz CT molecular complexity index is 1500. The molecule has 0 amide bonds. The zero-order chi connectivity index (χ0) is 50.3. The summed E-state index contributed by atoms with van der Waals surface area (Å²) in [4.78, 5) is 0. The van der Waals surface area contributed by atoms with Crippen molar-refractivity contribution in [1.29, 1.82) is 0 Å². The van der Waals surface area contributed by atoms with E-state index in [1.54, 1.807) is 0 Å². The first-order chi connectivity index (χ1) is 33.5. The van der Waals surface area contributed by atoms with Crippen LogP contribution in [-0.4, -0.2) is 319 Å². The molecule has 30 atom stereocenters. The summed E-state index contributed by atoms with van der Waals surface area (Å²) in [5.41, 5.74) is 0. The molecule has 12 fully saturated rings. The van der Waals surface area contributed by atoms with Gasteiger partial charge in [-0.25, -0.2) is 0 Å². The number of hydrogen-bond acceptors (Lipinski definition) is 30. The second kappa shape index (κ2) is 23.8. The second-order valence-corrected chi connectivity index (χ2v) is 18.3. The Labute approximate surface area is 397 Å². The molecule has 30 nitrogen and oxygen atoms in total. The summed E-state index contributed by atoms with van der Waals surface area (Å²) in [5, 5.41) is 179. The van der Waals surface area contributed by atoms with Crippen molar-refractivity contribution in [3.05, 3.63) is 0 Å². The molecule has 12 bridgehead atoms. The highest BCUT2D eigenvalue weighted by Crippen LogP contribution is 2.38. The molecule has 12 aliphatic rings. The average Bonchev–Trinajstić information content (AvgIpc) is 3.35. The highest BCUT2D eigenvalue weighted by atomic mass is 16.8. The monoisotopic (exact) mass is 1030 g/mol. The summed E-state index contributed by atoms with van der Waals surface area (Å²) in [5.74, 6) is 0. The molecule has 0 saturated carbocycles. The van der Waals surface area contributed by atoms with Gasteiger partial charge in [-0.1, -0.05) is 0 Å². The summed E-state index contributed by atoms with van der Waals surface area (Å²) in [6, 6.07) is 0. The Morgan fingerprint density at radius 1 is 0.257 bits per heavy atom. The molecular weight excluding hydrogens is 960 g/mol. The molecular formula is C40H66O30. The van der Waals surface area contributed by atoms with Crippen LogP contribution in [0.3, 0.4) is 0 Å². The number of aliphatic hydroxyl groups is 16. The lowest BCUT2D eigenvalue weighted by Gasteiger charge is -2.50. The molecule has 0 aromatic rings. The van der Waals surface area contributed by atoms with Gasteiger partial charge in [-0.05, 0) is 12.8 Å². The standard InChI is InChI=1S/C40H66O30/c41-5-11-29-19(47)25(53)37(61-11)69-33-15-9-57-3-1-2-4-58-10-16-34(22(50)28(56)40(64-16)68-32-14(8-44)60-36(65-29)24(52)18(32)46)70-38-26(54)20(48)30(12(6-42)62-38)66-35-23(51)17(45)31(13(7-43)59-35)67-39(63-15)27(55)21(33)49/h11-56H,1-10H2/t11-,12-,13-,14-,15-,16-,17-,18-,19-,20-,21-,22-,23-,24-,25-,26-,27-,28-,29-,30-,31-,32-,33-,34-,35-,36-,37-,38-,39-,40-/m1/s1. The number of fused-ring (bicyclic) bond motifs is 4. The van der Waals surface area contributed by atoms with E-state index in [2.05, 4.69) is 0 Å². The summed E-state index contributed by atoms with van der Waals surface area (Å²) in [6.45, 7) is -4.76. The third-order valence-corrected chi connectivity index (χ3v) is 13.7. The third kappa shape index (κ3) is 11.0. The van der Waals surface area contributed by atoms with Gasteiger partial charge in [0.15, 0.2) is 37.7 Å². The number of rotatable bonds is 4. The lowest BCUT2D eigenvalue weighted by atomic mass is 9.94. The predicted molar refractivity (Wildman–Crippen MR) is 213 cm³/mol. The van der Waals surface area contributed by atoms with E-state index in [9.17, 15) is 81.7 Å². The maximum absolute atomic E-state index is 11.6. The van der Waals surface area contributed by atoms with Crippen LogP contribution >= 0.6 is 0 Å². The van der Waals surface area contributed by atoms with Crippen molar-refractivity contribution in [1.82, 2.24) is 0 Å². The SMILES string of the molecule is OC[C@H]1O[C@@H]2O[C@H]3[C@H](O)[C@@H](O)[C@H]4O[C@H]5[C@H](O)[C@@H](O)[C@@H](O[C@H]6[C@H](O)[C@@H](O)[C@@H](O[C@H]7[C@H](O)[C@@H](O)[C@@H](O[C@H]8[C@H](O)[C@@H](O)[C@@H](O[C@H]1[C@H](O)[C@H]2O)O[C@@H]8CO)O[C@@H]7COCCCCOC[C@H]3O4)O[C@@H]6CO)O[C@@H]5CO. The summed E-state index contributed by atoms with van der Waals surface area (Å²) in [7, 11) is 0. The van der Waals surface area contributed by atoms with E-state index in [-0.39, 0.29) is 26.1 Å². The fourth-order valence-electron chi connectivity index (χ4n) is 9.71. The Kier molecular flexibility index (Phi) is 18.7. The normalized spacial score (nSPS) is 54.5. The molecule has 0 aliphatic carbocycles. The van der Waals surface area contributed by atoms with Gasteiger partial charge in [0.2, 0.25) is 0 Å². The first-order valence-corrected chi connectivity index (χ1v) is 23.1. The molecule has 0 aromatic carbocycles. The van der Waals surface area contributed by atoms with Gasteiger partial charge in [-0.15, -0.1) is 0 Å². The summed E-state index contributed by atoms with van der Waals surface area (Å²) in [6.07, 6.45) is -55.9. The lowest BCUT2D eigenvalue weighted by molar-refractivity contribution is -0.404. The fourth-order valence-corrected chi connectivity index (χ4v) is 9.71. The van der Waals surface area contributed by atoms with Gasteiger partial charge in [0.25, 0.3) is 0 Å². The smallest absolute Gasteiger partial charge is 0.187 e. The summed E-state index contributed by atoms with van der Waals surface area (Å²) < 4.78 is 82.1. The van der Waals surface area contributed by atoms with E-state index in [0.29, 0.717) is 0 Å². The largest absolute Gasteiger partial charge is 0.394 e. The number of ether oxygens (including phenoxy) is 14. The second-order valence-electron chi connectivity index (χ2n) is 18.3. The average molecular weight is 1030 g/mol. The van der Waals surface area contributed by atoms with Crippen LogP contribution in [0.2, 0.25) is 0 Å². The summed E-state index contributed by atoms with van der Waals surface area (Å²) >= 11 is 0. The van der Waals surface area contributed by atoms with E-state index >= 15 is 0 Å². The van der Waals surface area contributed by atoms with Crippen molar-refractivity contribution in [2.75, 3.05) is 52.9 Å². The zero-order valence-corrected chi connectivity index (χ0v) is 37.3. The quantitative estimate of drug-likeness (QED) is 0.124. The van der Waals surface area contributed by atoms with Gasteiger partial charge >= 0.3 is 0 Å². The van der Waals surface area contributed by atoms with Crippen LogP contribution < -0.4 is 0 Å². The van der Waals surface area contributed by atoms with Crippen LogP contribution in [0, 0.1) is 0 Å². The van der Waals surface area contributed by atoms with Crippen LogP contribution in [0.25, 0.3) is 0 Å². The van der Waals surface area contributed by atoms with Crippen molar-refractivity contribution in [3.63, 3.8) is 0 Å². The predicted octanol–water partition coefficient (Wildman–Crippen LogP) is -11.2. The van der Waals surface area contributed by atoms with E-state index in [0.717, 1.165) is 0 Å². The van der Waals surface area contributed by atoms with E-state index in [1.165, 1.54) is 0 Å². The highest BCUT2D eigenvalue weighted by molar-refractivity contribution is 5.01. The van der Waals surface area contributed by atoms with Crippen LogP contribution in [0.15, 0.2) is 0 Å². The van der Waals surface area contributed by atoms with Gasteiger partial charge < -0.3 is 148 Å². The van der Waals surface area contributed by atoms with E-state index in [1.807, 2.05) is 0 Å². The molecule has 12 rings (SSSR count). The molecule has 12 aliphatic heterocycles.